The molecule has 8 nitrogen and oxygen atoms in total. The molecular formula is C12H13N5O3. The summed E-state index contributed by atoms with van der Waals surface area (Å²) in [5.74, 6) is -1.25. The van der Waals surface area contributed by atoms with E-state index in [9.17, 15) is 9.59 Å². The van der Waals surface area contributed by atoms with E-state index in [1.807, 2.05) is 0 Å². The van der Waals surface area contributed by atoms with E-state index in [0.717, 1.165) is 0 Å². The Morgan fingerprint density at radius 3 is 2.70 bits per heavy atom. The predicted molar refractivity (Wildman–Crippen MR) is 69.2 cm³/mol. The Bertz CT molecular complexity index is 536. The molecular weight excluding hydrogens is 262 g/mol. The fraction of sp³-hybridized carbons (Fsp3) is 0.250. The number of nitriles is 1. The fourth-order valence-electron chi connectivity index (χ4n) is 1.20. The molecule has 0 fully saturated rings. The highest BCUT2D eigenvalue weighted by Gasteiger charge is 2.08. The minimum atomic E-state index is -0.932. The zero-order valence-corrected chi connectivity index (χ0v) is 10.5. The normalized spacial score (nSPS) is 10.4. The lowest BCUT2D eigenvalue weighted by Crippen LogP contribution is -2.26. The number of hydrogen-bond donors (Lipinski definition) is 3. The molecule has 1 heterocycles. The fourth-order valence-corrected chi connectivity index (χ4v) is 1.20. The quantitative estimate of drug-likeness (QED) is 0.370. The molecule has 0 radical (unpaired) electrons. The Hall–Kier alpha value is -2.95. The van der Waals surface area contributed by atoms with Crippen molar-refractivity contribution in [3.8, 4) is 6.07 Å². The van der Waals surface area contributed by atoms with E-state index in [4.69, 9.17) is 10.4 Å². The highest BCUT2D eigenvalue weighted by atomic mass is 16.4. The number of rotatable bonds is 7. The van der Waals surface area contributed by atoms with Gasteiger partial charge in [0, 0.05) is 31.6 Å². The number of amides is 1. The first-order chi connectivity index (χ1) is 9.63. The van der Waals surface area contributed by atoms with Crippen molar-refractivity contribution in [2.75, 3.05) is 11.9 Å². The Morgan fingerprint density at radius 2 is 2.10 bits per heavy atom. The van der Waals surface area contributed by atoms with Crippen LogP contribution in [0.3, 0.4) is 0 Å². The summed E-state index contributed by atoms with van der Waals surface area (Å²) in [6.45, 7) is 0.186. The Kier molecular flexibility index (Phi) is 6.20. The van der Waals surface area contributed by atoms with Crippen LogP contribution in [0.4, 0.5) is 5.95 Å². The largest absolute Gasteiger partial charge is 0.481 e. The summed E-state index contributed by atoms with van der Waals surface area (Å²) >= 11 is 0. The van der Waals surface area contributed by atoms with Crippen LogP contribution >= 0.6 is 0 Å². The van der Waals surface area contributed by atoms with E-state index < -0.39 is 11.9 Å². The first kappa shape index (κ1) is 15.1. The van der Waals surface area contributed by atoms with Crippen LogP contribution < -0.4 is 10.6 Å². The second kappa shape index (κ2) is 8.20. The second-order valence-electron chi connectivity index (χ2n) is 3.64. The zero-order chi connectivity index (χ0) is 14.8. The Morgan fingerprint density at radius 1 is 1.40 bits per heavy atom. The number of nitrogens with zero attached hydrogens (tertiary/aromatic N) is 3. The Labute approximate surface area is 115 Å². The summed E-state index contributed by atoms with van der Waals surface area (Å²) < 4.78 is 0. The molecule has 0 aromatic carbocycles. The standard InChI is InChI=1S/C12H13N5O3/c13-7-9(8-17-12-15-5-2-6-16-12)11(20)14-4-1-3-10(18)19/h2,5-6,8H,1,3-4H2,(H,14,20)(H,18,19)(H,15,16,17)/b9-8-. The molecule has 104 valence electrons. The zero-order valence-electron chi connectivity index (χ0n) is 10.5. The molecule has 8 heteroatoms. The summed E-state index contributed by atoms with van der Waals surface area (Å²) in [4.78, 5) is 29.6. The van der Waals surface area contributed by atoms with Gasteiger partial charge in [-0.25, -0.2) is 9.97 Å². The van der Waals surface area contributed by atoms with Crippen molar-refractivity contribution in [3.05, 3.63) is 30.2 Å². The van der Waals surface area contributed by atoms with E-state index in [1.165, 1.54) is 18.6 Å². The third kappa shape index (κ3) is 5.59. The monoisotopic (exact) mass is 275 g/mol. The second-order valence-corrected chi connectivity index (χ2v) is 3.64. The van der Waals surface area contributed by atoms with Crippen LogP contribution in [0.1, 0.15) is 12.8 Å². The summed E-state index contributed by atoms with van der Waals surface area (Å²) in [5.41, 5.74) is -0.146. The molecule has 0 atom stereocenters. The maximum absolute atomic E-state index is 11.6. The first-order valence-corrected chi connectivity index (χ1v) is 5.77. The smallest absolute Gasteiger partial charge is 0.303 e. The number of carbonyl (C=O) groups excluding carboxylic acids is 1. The van der Waals surface area contributed by atoms with Gasteiger partial charge in [-0.1, -0.05) is 0 Å². The number of carbonyl (C=O) groups is 2. The number of hydrogen-bond acceptors (Lipinski definition) is 6. The van der Waals surface area contributed by atoms with E-state index in [-0.39, 0.29) is 24.5 Å². The van der Waals surface area contributed by atoms with Crippen molar-refractivity contribution in [2.24, 2.45) is 0 Å². The lowest BCUT2D eigenvalue weighted by atomic mass is 10.2. The van der Waals surface area contributed by atoms with Crippen molar-refractivity contribution in [3.63, 3.8) is 0 Å². The summed E-state index contributed by atoms with van der Waals surface area (Å²) in [7, 11) is 0. The molecule has 3 N–H and O–H groups in total. The van der Waals surface area contributed by atoms with Crippen molar-refractivity contribution in [2.45, 2.75) is 12.8 Å². The van der Waals surface area contributed by atoms with E-state index in [1.54, 1.807) is 12.1 Å². The van der Waals surface area contributed by atoms with Crippen molar-refractivity contribution >= 4 is 17.8 Å². The molecule has 1 amide bonds. The van der Waals surface area contributed by atoms with Crippen molar-refractivity contribution in [1.29, 1.82) is 5.26 Å². The van der Waals surface area contributed by atoms with Gasteiger partial charge in [-0.15, -0.1) is 0 Å². The van der Waals surface area contributed by atoms with Gasteiger partial charge in [0.1, 0.15) is 11.6 Å². The molecule has 1 rings (SSSR count). The summed E-state index contributed by atoms with van der Waals surface area (Å²) in [6.07, 6.45) is 4.49. The molecule has 0 unspecified atom stereocenters. The van der Waals surface area contributed by atoms with Crippen LogP contribution in [-0.4, -0.2) is 33.5 Å². The molecule has 0 bridgehead atoms. The van der Waals surface area contributed by atoms with Crippen LogP contribution in [0.5, 0.6) is 0 Å². The van der Waals surface area contributed by atoms with E-state index >= 15 is 0 Å². The van der Waals surface area contributed by atoms with Gasteiger partial charge < -0.3 is 15.7 Å². The number of carboxylic acid groups (broad SMARTS) is 1. The molecule has 0 aliphatic rings. The third-order valence-electron chi connectivity index (χ3n) is 2.13. The number of anilines is 1. The van der Waals surface area contributed by atoms with Gasteiger partial charge in [0.05, 0.1) is 0 Å². The lowest BCUT2D eigenvalue weighted by molar-refractivity contribution is -0.137. The van der Waals surface area contributed by atoms with Gasteiger partial charge in [-0.3, -0.25) is 9.59 Å². The molecule has 0 aliphatic heterocycles. The lowest BCUT2D eigenvalue weighted by Gasteiger charge is -2.03. The molecule has 0 saturated heterocycles. The van der Waals surface area contributed by atoms with Gasteiger partial charge >= 0.3 is 5.97 Å². The molecule has 0 saturated carbocycles. The highest BCUT2D eigenvalue weighted by molar-refractivity contribution is 5.97. The maximum atomic E-state index is 11.6. The van der Waals surface area contributed by atoms with Gasteiger partial charge in [0.15, 0.2) is 0 Å². The maximum Gasteiger partial charge on any atom is 0.303 e. The van der Waals surface area contributed by atoms with Crippen LogP contribution in [-0.2, 0) is 9.59 Å². The molecule has 1 aromatic rings. The average Bonchev–Trinajstić information content (AvgIpc) is 2.45. The highest BCUT2D eigenvalue weighted by Crippen LogP contribution is 1.98. The van der Waals surface area contributed by atoms with Crippen LogP contribution in [0.15, 0.2) is 30.2 Å². The van der Waals surface area contributed by atoms with Gasteiger partial charge in [-0.2, -0.15) is 5.26 Å². The average molecular weight is 275 g/mol. The predicted octanol–water partition coefficient (Wildman–Crippen LogP) is 0.277. The SMILES string of the molecule is N#C/C(=C/Nc1ncccn1)C(=O)NCCCC(=O)O. The number of aliphatic carboxylic acids is 1. The van der Waals surface area contributed by atoms with Crippen LogP contribution in [0.2, 0.25) is 0 Å². The van der Waals surface area contributed by atoms with Crippen molar-refractivity contribution in [1.82, 2.24) is 15.3 Å². The number of carboxylic acids is 1. The minimum Gasteiger partial charge on any atom is -0.481 e. The van der Waals surface area contributed by atoms with Crippen molar-refractivity contribution < 1.29 is 14.7 Å². The van der Waals surface area contributed by atoms with Crippen LogP contribution in [0, 0.1) is 11.3 Å². The van der Waals surface area contributed by atoms with Gasteiger partial charge in [0.25, 0.3) is 5.91 Å². The number of nitrogens with one attached hydrogen (secondary N) is 2. The van der Waals surface area contributed by atoms with Gasteiger partial charge in [-0.05, 0) is 12.5 Å². The third-order valence-corrected chi connectivity index (χ3v) is 2.13. The molecule has 0 spiro atoms. The topological polar surface area (TPSA) is 128 Å². The number of aromatic nitrogens is 2. The molecule has 0 aliphatic carbocycles. The molecule has 20 heavy (non-hydrogen) atoms. The van der Waals surface area contributed by atoms with Crippen LogP contribution in [0.25, 0.3) is 0 Å². The minimum absolute atomic E-state index is 0.0397. The summed E-state index contributed by atoms with van der Waals surface area (Å²) in [5, 5.41) is 22.4. The van der Waals surface area contributed by atoms with E-state index in [2.05, 4.69) is 20.6 Å². The Balaban J connectivity index is 2.47. The molecule has 1 aromatic heterocycles. The summed E-state index contributed by atoms with van der Waals surface area (Å²) in [6, 6.07) is 3.37. The van der Waals surface area contributed by atoms with E-state index in [0.29, 0.717) is 6.42 Å². The van der Waals surface area contributed by atoms with Gasteiger partial charge in [0.2, 0.25) is 5.95 Å². The first-order valence-electron chi connectivity index (χ1n) is 5.77.